The molecule has 0 spiro atoms. The highest BCUT2D eigenvalue weighted by atomic mass is 16.2. The van der Waals surface area contributed by atoms with E-state index in [1.807, 2.05) is 41.8 Å². The monoisotopic (exact) mass is 283 g/mol. The van der Waals surface area contributed by atoms with E-state index < -0.39 is 6.04 Å². The van der Waals surface area contributed by atoms with Gasteiger partial charge in [0.2, 0.25) is 0 Å². The molecule has 1 unspecified atom stereocenters. The summed E-state index contributed by atoms with van der Waals surface area (Å²) in [6.07, 6.45) is 3.45. The molecule has 1 aliphatic rings. The quantitative estimate of drug-likeness (QED) is 0.902. The molecule has 108 valence electrons. The van der Waals surface area contributed by atoms with Crippen molar-refractivity contribution >= 4 is 11.9 Å². The molecule has 2 aromatic rings. The predicted octanol–water partition coefficient (Wildman–Crippen LogP) is 2.15. The SMILES string of the molecule is CCn1cncc1C1C(=N)NC(=O)N1Cc1ccccc1. The molecule has 1 aromatic carbocycles. The minimum atomic E-state index is -0.403. The number of hydrogen-bond acceptors (Lipinski definition) is 3. The molecule has 0 radical (unpaired) electrons. The van der Waals surface area contributed by atoms with E-state index in [0.29, 0.717) is 6.54 Å². The summed E-state index contributed by atoms with van der Waals surface area (Å²) >= 11 is 0. The van der Waals surface area contributed by atoms with Gasteiger partial charge in [0.1, 0.15) is 11.9 Å². The lowest BCUT2D eigenvalue weighted by molar-refractivity contribution is 0.201. The number of nitrogens with zero attached hydrogens (tertiary/aromatic N) is 3. The van der Waals surface area contributed by atoms with Gasteiger partial charge in [-0.05, 0) is 12.5 Å². The molecular weight excluding hydrogens is 266 g/mol. The summed E-state index contributed by atoms with van der Waals surface area (Å²) in [6.45, 7) is 3.24. The van der Waals surface area contributed by atoms with Crippen LogP contribution in [0.4, 0.5) is 4.79 Å². The predicted molar refractivity (Wildman–Crippen MR) is 78.9 cm³/mol. The fourth-order valence-electron chi connectivity index (χ4n) is 2.60. The summed E-state index contributed by atoms with van der Waals surface area (Å²) in [6, 6.07) is 9.14. The van der Waals surface area contributed by atoms with Crippen molar-refractivity contribution in [3.8, 4) is 0 Å². The topological polar surface area (TPSA) is 74.0 Å². The first-order valence-electron chi connectivity index (χ1n) is 6.90. The van der Waals surface area contributed by atoms with Crippen LogP contribution in [0.5, 0.6) is 0 Å². The fourth-order valence-corrected chi connectivity index (χ4v) is 2.60. The second-order valence-electron chi connectivity index (χ2n) is 4.96. The van der Waals surface area contributed by atoms with Gasteiger partial charge in [-0.1, -0.05) is 30.3 Å². The Hall–Kier alpha value is -2.63. The first-order chi connectivity index (χ1) is 10.2. The Balaban J connectivity index is 1.93. The molecule has 1 saturated heterocycles. The van der Waals surface area contributed by atoms with Crippen LogP contribution in [0.15, 0.2) is 42.9 Å². The maximum atomic E-state index is 12.1. The van der Waals surface area contributed by atoms with Gasteiger partial charge in [-0.25, -0.2) is 9.78 Å². The number of carbonyl (C=O) groups is 1. The zero-order chi connectivity index (χ0) is 14.8. The number of imidazole rings is 1. The van der Waals surface area contributed by atoms with Gasteiger partial charge in [0.25, 0.3) is 0 Å². The number of rotatable bonds is 4. The van der Waals surface area contributed by atoms with Crippen molar-refractivity contribution in [3.63, 3.8) is 0 Å². The summed E-state index contributed by atoms with van der Waals surface area (Å²) in [5.74, 6) is 0.200. The van der Waals surface area contributed by atoms with Crippen molar-refractivity contribution in [1.29, 1.82) is 5.41 Å². The maximum absolute atomic E-state index is 12.1. The van der Waals surface area contributed by atoms with E-state index in [1.165, 1.54) is 0 Å². The molecule has 3 rings (SSSR count). The highest BCUT2D eigenvalue weighted by Gasteiger charge is 2.38. The summed E-state index contributed by atoms with van der Waals surface area (Å²) in [4.78, 5) is 17.9. The third-order valence-corrected chi connectivity index (χ3v) is 3.65. The third-order valence-electron chi connectivity index (χ3n) is 3.65. The lowest BCUT2D eigenvalue weighted by atomic mass is 10.1. The molecule has 2 heterocycles. The Morgan fingerprint density at radius 2 is 2.10 bits per heavy atom. The number of aromatic nitrogens is 2. The first-order valence-corrected chi connectivity index (χ1v) is 6.90. The molecule has 0 saturated carbocycles. The van der Waals surface area contributed by atoms with E-state index in [4.69, 9.17) is 5.41 Å². The van der Waals surface area contributed by atoms with Gasteiger partial charge in [0.15, 0.2) is 0 Å². The normalized spacial score (nSPS) is 18.1. The average molecular weight is 283 g/mol. The van der Waals surface area contributed by atoms with Crippen LogP contribution in [0.1, 0.15) is 24.2 Å². The lowest BCUT2D eigenvalue weighted by Gasteiger charge is -2.23. The third kappa shape index (κ3) is 2.40. The number of urea groups is 1. The van der Waals surface area contributed by atoms with E-state index in [2.05, 4.69) is 10.3 Å². The summed E-state index contributed by atoms with van der Waals surface area (Å²) < 4.78 is 1.96. The summed E-state index contributed by atoms with van der Waals surface area (Å²) in [7, 11) is 0. The number of hydrogen-bond donors (Lipinski definition) is 2. The van der Waals surface area contributed by atoms with E-state index in [9.17, 15) is 4.79 Å². The molecule has 0 aliphatic carbocycles. The Morgan fingerprint density at radius 3 is 2.81 bits per heavy atom. The van der Waals surface area contributed by atoms with Gasteiger partial charge >= 0.3 is 6.03 Å². The van der Waals surface area contributed by atoms with E-state index in [-0.39, 0.29) is 11.9 Å². The van der Waals surface area contributed by atoms with E-state index in [1.54, 1.807) is 17.4 Å². The molecule has 21 heavy (non-hydrogen) atoms. The number of aryl methyl sites for hydroxylation is 1. The van der Waals surface area contributed by atoms with Gasteiger partial charge in [-0.3, -0.25) is 10.7 Å². The van der Waals surface area contributed by atoms with Gasteiger partial charge in [0, 0.05) is 13.1 Å². The molecule has 0 bridgehead atoms. The fraction of sp³-hybridized carbons (Fsp3) is 0.267. The van der Waals surface area contributed by atoms with Crippen LogP contribution in [0, 0.1) is 5.41 Å². The van der Waals surface area contributed by atoms with E-state index in [0.717, 1.165) is 17.8 Å². The number of nitrogens with one attached hydrogen (secondary N) is 2. The largest absolute Gasteiger partial charge is 0.333 e. The minimum absolute atomic E-state index is 0.200. The molecule has 1 aliphatic heterocycles. The van der Waals surface area contributed by atoms with E-state index >= 15 is 0 Å². The molecule has 1 atom stereocenters. The van der Waals surface area contributed by atoms with Crippen molar-refractivity contribution in [2.75, 3.05) is 0 Å². The minimum Gasteiger partial charge on any atom is -0.333 e. The summed E-state index contributed by atoms with van der Waals surface area (Å²) in [5, 5.41) is 10.7. The van der Waals surface area contributed by atoms with Gasteiger partial charge in [-0.15, -0.1) is 0 Å². The molecule has 2 N–H and O–H groups in total. The number of benzene rings is 1. The summed E-state index contributed by atoms with van der Waals surface area (Å²) in [5.41, 5.74) is 1.90. The Kier molecular flexibility index (Phi) is 3.43. The van der Waals surface area contributed by atoms with Crippen LogP contribution in [0.25, 0.3) is 0 Å². The van der Waals surface area contributed by atoms with Crippen molar-refractivity contribution in [2.24, 2.45) is 0 Å². The van der Waals surface area contributed by atoms with Crippen LogP contribution >= 0.6 is 0 Å². The van der Waals surface area contributed by atoms with Crippen LogP contribution < -0.4 is 5.32 Å². The second-order valence-corrected chi connectivity index (χ2v) is 4.96. The van der Waals surface area contributed by atoms with Crippen molar-refractivity contribution in [3.05, 3.63) is 54.1 Å². The first kappa shape index (κ1) is 13.4. The van der Waals surface area contributed by atoms with Crippen LogP contribution in [-0.2, 0) is 13.1 Å². The Morgan fingerprint density at radius 1 is 1.33 bits per heavy atom. The number of amidine groups is 1. The standard InChI is InChI=1S/C15H17N5O/c1-2-19-10-17-8-12(19)13-14(16)18-15(21)20(13)9-11-6-4-3-5-7-11/h3-8,10,13H,2,9H2,1H3,(H2,16,18,21). The zero-order valence-electron chi connectivity index (χ0n) is 11.8. The Labute approximate surface area is 122 Å². The van der Waals surface area contributed by atoms with Gasteiger partial charge in [0.05, 0.1) is 18.2 Å². The molecule has 1 aromatic heterocycles. The van der Waals surface area contributed by atoms with Gasteiger partial charge in [-0.2, -0.15) is 0 Å². The maximum Gasteiger partial charge on any atom is 0.324 e. The highest BCUT2D eigenvalue weighted by Crippen LogP contribution is 2.27. The molecular formula is C15H17N5O. The van der Waals surface area contributed by atoms with Crippen LogP contribution in [0.3, 0.4) is 0 Å². The number of carbonyl (C=O) groups excluding carboxylic acids is 1. The second kappa shape index (κ2) is 5.40. The smallest absolute Gasteiger partial charge is 0.324 e. The van der Waals surface area contributed by atoms with Crippen molar-refractivity contribution in [2.45, 2.75) is 26.1 Å². The average Bonchev–Trinajstić information content (AvgIpc) is 3.05. The van der Waals surface area contributed by atoms with Crippen molar-refractivity contribution < 1.29 is 4.79 Å². The molecule has 6 nitrogen and oxygen atoms in total. The Bertz CT molecular complexity index is 664. The van der Waals surface area contributed by atoms with Crippen molar-refractivity contribution in [1.82, 2.24) is 19.8 Å². The van der Waals surface area contributed by atoms with Crippen LogP contribution in [-0.4, -0.2) is 26.3 Å². The lowest BCUT2D eigenvalue weighted by Crippen LogP contribution is -2.30. The molecule has 2 amide bonds. The van der Waals surface area contributed by atoms with Crippen LogP contribution in [0.2, 0.25) is 0 Å². The zero-order valence-corrected chi connectivity index (χ0v) is 11.8. The van der Waals surface area contributed by atoms with Gasteiger partial charge < -0.3 is 9.47 Å². The molecule has 6 heteroatoms. The number of amides is 2. The highest BCUT2D eigenvalue weighted by molar-refractivity contribution is 6.05. The molecule has 1 fully saturated rings.